The minimum Gasteiger partial charge on any atom is -0.455 e. The SMILES string of the molecule is c1ccc(-c2nc3ccccc3nc2-n2c3ccccc3c3cc4c5c6oc7ccccc7c6ccc5n(-c5ccccn5)c4cc32)cc1. The second kappa shape index (κ2) is 9.86. The second-order valence-electron chi connectivity index (χ2n) is 12.4. The van der Waals surface area contributed by atoms with E-state index in [0.717, 1.165) is 99.5 Å². The third-order valence-corrected chi connectivity index (χ3v) is 9.76. The third kappa shape index (κ3) is 3.68. The van der Waals surface area contributed by atoms with E-state index in [2.05, 4.69) is 100 Å². The number of pyridine rings is 1. The number of hydrogen-bond donors (Lipinski definition) is 0. The van der Waals surface area contributed by atoms with Crippen LogP contribution in [-0.4, -0.2) is 24.1 Å². The number of hydrogen-bond acceptors (Lipinski definition) is 4. The van der Waals surface area contributed by atoms with Gasteiger partial charge in [0, 0.05) is 38.7 Å². The summed E-state index contributed by atoms with van der Waals surface area (Å²) in [5.41, 5.74) is 9.49. The molecule has 0 aliphatic heterocycles. The molecule has 5 aromatic heterocycles. The quantitative estimate of drug-likeness (QED) is 0.196. The van der Waals surface area contributed by atoms with Gasteiger partial charge in [-0.15, -0.1) is 0 Å². The summed E-state index contributed by atoms with van der Waals surface area (Å²) < 4.78 is 11.2. The first-order chi connectivity index (χ1) is 24.3. The number of rotatable bonds is 3. The van der Waals surface area contributed by atoms with Crippen molar-refractivity contribution < 1.29 is 4.42 Å². The molecule has 5 heterocycles. The Morgan fingerprint density at radius 2 is 1.20 bits per heavy atom. The van der Waals surface area contributed by atoms with Gasteiger partial charge in [0.15, 0.2) is 5.82 Å². The predicted octanol–water partition coefficient (Wildman–Crippen LogP) is 10.8. The van der Waals surface area contributed by atoms with Gasteiger partial charge in [-0.2, -0.15) is 0 Å². The zero-order chi connectivity index (χ0) is 32.1. The van der Waals surface area contributed by atoms with Crippen LogP contribution in [0.25, 0.3) is 99.5 Å². The fourth-order valence-electron chi connectivity index (χ4n) is 7.64. The normalized spacial score (nSPS) is 12.1. The van der Waals surface area contributed by atoms with E-state index < -0.39 is 0 Å². The van der Waals surface area contributed by atoms with Gasteiger partial charge < -0.3 is 4.42 Å². The summed E-state index contributed by atoms with van der Waals surface area (Å²) in [6.07, 6.45) is 1.85. The minimum atomic E-state index is 0.788. The number of nitrogens with zero attached hydrogens (tertiary/aromatic N) is 5. The summed E-state index contributed by atoms with van der Waals surface area (Å²) in [5, 5.41) is 6.66. The zero-order valence-corrected chi connectivity index (χ0v) is 26.1. The van der Waals surface area contributed by atoms with Crippen LogP contribution in [0.1, 0.15) is 0 Å². The van der Waals surface area contributed by atoms with Gasteiger partial charge in [-0.1, -0.05) is 84.9 Å². The van der Waals surface area contributed by atoms with Gasteiger partial charge in [0.25, 0.3) is 0 Å². The van der Waals surface area contributed by atoms with E-state index in [1.165, 1.54) is 0 Å². The Balaban J connectivity index is 1.34. The first-order valence-corrected chi connectivity index (χ1v) is 16.4. The molecule has 0 N–H and O–H groups in total. The van der Waals surface area contributed by atoms with Gasteiger partial charge in [-0.05, 0) is 60.7 Å². The highest BCUT2D eigenvalue weighted by molar-refractivity contribution is 6.26. The molecular weight excluding hydrogens is 603 g/mol. The molecule has 0 bridgehead atoms. The van der Waals surface area contributed by atoms with Crippen molar-refractivity contribution in [1.82, 2.24) is 24.1 Å². The van der Waals surface area contributed by atoms with E-state index in [0.29, 0.717) is 0 Å². The third-order valence-electron chi connectivity index (χ3n) is 9.76. The maximum atomic E-state index is 6.65. The van der Waals surface area contributed by atoms with Gasteiger partial charge in [-0.25, -0.2) is 15.0 Å². The lowest BCUT2D eigenvalue weighted by molar-refractivity contribution is 0.673. The molecule has 228 valence electrons. The monoisotopic (exact) mass is 627 g/mol. The van der Waals surface area contributed by atoms with E-state index in [9.17, 15) is 0 Å². The van der Waals surface area contributed by atoms with E-state index in [1.807, 2.05) is 60.8 Å². The first-order valence-electron chi connectivity index (χ1n) is 16.4. The van der Waals surface area contributed by atoms with Crippen molar-refractivity contribution >= 4 is 76.6 Å². The van der Waals surface area contributed by atoms with Crippen LogP contribution in [0.4, 0.5) is 0 Å². The Hall–Kier alpha value is -6.79. The van der Waals surface area contributed by atoms with E-state index >= 15 is 0 Å². The van der Waals surface area contributed by atoms with Crippen LogP contribution in [0.5, 0.6) is 0 Å². The molecule has 6 heteroatoms. The fourth-order valence-corrected chi connectivity index (χ4v) is 7.64. The highest BCUT2D eigenvalue weighted by Crippen LogP contribution is 2.44. The van der Waals surface area contributed by atoms with Gasteiger partial charge in [0.05, 0.1) is 38.5 Å². The highest BCUT2D eigenvalue weighted by atomic mass is 16.3. The molecule has 0 amide bonds. The fraction of sp³-hybridized carbons (Fsp3) is 0. The summed E-state index contributed by atoms with van der Waals surface area (Å²) in [6, 6.07) is 50.3. The zero-order valence-electron chi connectivity index (χ0n) is 26.1. The summed E-state index contributed by atoms with van der Waals surface area (Å²) in [5.74, 6) is 1.63. The molecule has 6 aromatic carbocycles. The number of benzene rings is 6. The summed E-state index contributed by atoms with van der Waals surface area (Å²) >= 11 is 0. The second-order valence-corrected chi connectivity index (χ2v) is 12.4. The van der Waals surface area contributed by atoms with Crippen molar-refractivity contribution in [3.63, 3.8) is 0 Å². The van der Waals surface area contributed by atoms with Crippen molar-refractivity contribution in [2.75, 3.05) is 0 Å². The maximum Gasteiger partial charge on any atom is 0.165 e. The lowest BCUT2D eigenvalue weighted by Gasteiger charge is -2.14. The lowest BCUT2D eigenvalue weighted by Crippen LogP contribution is -2.04. The average Bonchev–Trinajstić information content (AvgIpc) is 3.81. The van der Waals surface area contributed by atoms with Crippen LogP contribution >= 0.6 is 0 Å². The number of para-hydroxylation sites is 4. The van der Waals surface area contributed by atoms with Gasteiger partial charge in [0.1, 0.15) is 22.7 Å². The molecule has 0 fully saturated rings. The van der Waals surface area contributed by atoms with Crippen LogP contribution in [0, 0.1) is 0 Å². The molecule has 0 atom stereocenters. The Morgan fingerprint density at radius 3 is 2.06 bits per heavy atom. The Bertz CT molecular complexity index is 3100. The molecule has 0 aliphatic carbocycles. The van der Waals surface area contributed by atoms with Gasteiger partial charge in [-0.3, -0.25) is 9.13 Å². The van der Waals surface area contributed by atoms with Gasteiger partial charge >= 0.3 is 0 Å². The minimum absolute atomic E-state index is 0.788. The molecule has 11 rings (SSSR count). The van der Waals surface area contributed by atoms with Crippen LogP contribution in [0.2, 0.25) is 0 Å². The van der Waals surface area contributed by atoms with Gasteiger partial charge in [0.2, 0.25) is 0 Å². The molecule has 0 saturated carbocycles. The van der Waals surface area contributed by atoms with Crippen LogP contribution in [0.15, 0.2) is 156 Å². The largest absolute Gasteiger partial charge is 0.455 e. The molecule has 0 saturated heterocycles. The van der Waals surface area contributed by atoms with Crippen molar-refractivity contribution in [1.29, 1.82) is 0 Å². The molecule has 0 spiro atoms. The number of aromatic nitrogens is 5. The van der Waals surface area contributed by atoms with E-state index in [-0.39, 0.29) is 0 Å². The van der Waals surface area contributed by atoms with E-state index in [4.69, 9.17) is 19.4 Å². The lowest BCUT2D eigenvalue weighted by atomic mass is 10.1. The summed E-state index contributed by atoms with van der Waals surface area (Å²) in [4.78, 5) is 15.4. The summed E-state index contributed by atoms with van der Waals surface area (Å²) in [6.45, 7) is 0. The van der Waals surface area contributed by atoms with Crippen molar-refractivity contribution in [3.05, 3.63) is 152 Å². The Labute approximate surface area is 279 Å². The number of furan rings is 1. The van der Waals surface area contributed by atoms with Crippen LogP contribution in [-0.2, 0) is 0 Å². The molecule has 0 radical (unpaired) electrons. The molecule has 49 heavy (non-hydrogen) atoms. The highest BCUT2D eigenvalue weighted by Gasteiger charge is 2.24. The van der Waals surface area contributed by atoms with Crippen molar-refractivity contribution in [2.24, 2.45) is 0 Å². The Morgan fingerprint density at radius 1 is 0.469 bits per heavy atom. The molecular formula is C43H25N5O. The standard InChI is InChI=1S/C43H25N5O/c1-2-12-26(13-3-1)41-43(46-33-17-7-6-16-32(33)45-41)48-34-18-8-4-14-27(34)30-24-31-37(25-36(30)48)47(39-20-10-11-23-44-39)35-22-21-29-28-15-5-9-19-38(28)49-42(29)40(31)35/h1-25H. The van der Waals surface area contributed by atoms with Crippen molar-refractivity contribution in [3.8, 4) is 22.9 Å². The molecule has 6 nitrogen and oxygen atoms in total. The molecule has 0 unspecified atom stereocenters. The summed E-state index contributed by atoms with van der Waals surface area (Å²) in [7, 11) is 0. The topological polar surface area (TPSA) is 61.7 Å². The van der Waals surface area contributed by atoms with Crippen LogP contribution < -0.4 is 0 Å². The van der Waals surface area contributed by atoms with Crippen LogP contribution in [0.3, 0.4) is 0 Å². The average molecular weight is 628 g/mol. The first kappa shape index (κ1) is 26.3. The van der Waals surface area contributed by atoms with E-state index in [1.54, 1.807) is 0 Å². The van der Waals surface area contributed by atoms with Crippen molar-refractivity contribution in [2.45, 2.75) is 0 Å². The number of fused-ring (bicyclic) bond motifs is 11. The Kier molecular flexibility index (Phi) is 5.29. The predicted molar refractivity (Wildman–Crippen MR) is 199 cm³/mol. The molecule has 0 aliphatic rings. The smallest absolute Gasteiger partial charge is 0.165 e. The molecule has 11 aromatic rings. The maximum absolute atomic E-state index is 6.65.